The van der Waals surface area contributed by atoms with Gasteiger partial charge in [0.15, 0.2) is 11.5 Å². The molecule has 1 aliphatic rings. The summed E-state index contributed by atoms with van der Waals surface area (Å²) in [4.78, 5) is 12.3. The van der Waals surface area contributed by atoms with E-state index in [4.69, 9.17) is 14.2 Å². The number of cyclic esters (lactones) is 1. The van der Waals surface area contributed by atoms with Crippen molar-refractivity contribution >= 4 is 11.7 Å². The van der Waals surface area contributed by atoms with E-state index in [-0.39, 0.29) is 0 Å². The molecule has 0 spiro atoms. The normalized spacial score (nSPS) is 15.8. The van der Waals surface area contributed by atoms with Crippen LogP contribution in [0.25, 0.3) is 0 Å². The molecule has 2 aromatic rings. The Morgan fingerprint density at radius 2 is 1.91 bits per heavy atom. The van der Waals surface area contributed by atoms with Crippen molar-refractivity contribution in [3.63, 3.8) is 0 Å². The van der Waals surface area contributed by atoms with Crippen molar-refractivity contribution in [2.45, 2.75) is 19.6 Å². The number of anilines is 1. The average Bonchev–Trinajstić information content (AvgIpc) is 2.90. The van der Waals surface area contributed by atoms with Crippen molar-refractivity contribution in [2.24, 2.45) is 0 Å². The highest BCUT2D eigenvalue weighted by Gasteiger charge is 2.36. The highest BCUT2D eigenvalue weighted by atomic mass is 16.6. The number of aryl methyl sites for hydroxylation is 1. The van der Waals surface area contributed by atoms with Gasteiger partial charge in [0.05, 0.1) is 14.2 Å². The van der Waals surface area contributed by atoms with Crippen LogP contribution in [0.5, 0.6) is 11.5 Å². The maximum absolute atomic E-state index is 12.3. The highest BCUT2D eigenvalue weighted by Crippen LogP contribution is 2.42. The minimum absolute atomic E-state index is 0.406. The summed E-state index contributed by atoms with van der Waals surface area (Å²) in [7, 11) is 3.05. The van der Waals surface area contributed by atoms with Crippen LogP contribution >= 0.6 is 0 Å². The summed E-state index contributed by atoms with van der Waals surface area (Å²) in [5.74, 6) is 0.503. The molecule has 1 N–H and O–H groups in total. The van der Waals surface area contributed by atoms with Crippen molar-refractivity contribution in [1.82, 2.24) is 0 Å². The van der Waals surface area contributed by atoms with Crippen LogP contribution < -0.4 is 14.8 Å². The molecule has 0 fully saturated rings. The summed E-state index contributed by atoms with van der Waals surface area (Å²) in [5, 5.41) is 3.30. The van der Waals surface area contributed by atoms with E-state index in [9.17, 15) is 4.79 Å². The molecule has 120 valence electrons. The molecule has 1 heterocycles. The number of carbonyl (C=O) groups is 1. The van der Waals surface area contributed by atoms with E-state index in [1.165, 1.54) is 14.2 Å². The molecule has 0 saturated heterocycles. The minimum Gasteiger partial charge on any atom is -0.493 e. The van der Waals surface area contributed by atoms with Crippen LogP contribution in [0, 0.1) is 0 Å². The van der Waals surface area contributed by atoms with Crippen LogP contribution in [0.2, 0.25) is 0 Å². The van der Waals surface area contributed by atoms with Crippen LogP contribution in [-0.4, -0.2) is 20.2 Å². The molecule has 0 aliphatic carbocycles. The molecule has 23 heavy (non-hydrogen) atoms. The standard InChI is InChI=1S/C18H19NO4/c1-4-11-7-5-6-8-13(11)19-17-12-9-10-14(21-2)16(22-3)15(12)18(20)23-17/h5-10,17,19H,4H2,1-3H3/t17-/m0/s1. The Balaban J connectivity index is 1.99. The number of hydrogen-bond donors (Lipinski definition) is 1. The fourth-order valence-corrected chi connectivity index (χ4v) is 2.82. The first-order valence-corrected chi connectivity index (χ1v) is 7.49. The molecular formula is C18H19NO4. The van der Waals surface area contributed by atoms with Gasteiger partial charge < -0.3 is 19.5 Å². The second-order valence-corrected chi connectivity index (χ2v) is 5.21. The maximum Gasteiger partial charge on any atom is 0.344 e. The Morgan fingerprint density at radius 1 is 1.13 bits per heavy atom. The molecule has 0 radical (unpaired) electrons. The number of methoxy groups -OCH3 is 2. The molecule has 5 heteroatoms. The number of nitrogens with one attached hydrogen (secondary N) is 1. The zero-order valence-electron chi connectivity index (χ0n) is 13.4. The summed E-state index contributed by atoms with van der Waals surface area (Å²) in [6, 6.07) is 11.6. The third-order valence-electron chi connectivity index (χ3n) is 3.97. The number of hydrogen-bond acceptors (Lipinski definition) is 5. The summed E-state index contributed by atoms with van der Waals surface area (Å²) >= 11 is 0. The molecule has 0 aromatic heterocycles. The SMILES string of the molecule is CCc1ccccc1N[C@H]1OC(=O)c2c1ccc(OC)c2OC. The van der Waals surface area contributed by atoms with E-state index < -0.39 is 12.2 Å². The minimum atomic E-state index is -0.537. The summed E-state index contributed by atoms with van der Waals surface area (Å²) < 4.78 is 16.1. The quantitative estimate of drug-likeness (QED) is 0.856. The number of ether oxygens (including phenoxy) is 3. The Labute approximate surface area is 135 Å². The number of esters is 1. The lowest BCUT2D eigenvalue weighted by Gasteiger charge is -2.17. The second kappa shape index (κ2) is 6.20. The molecule has 0 saturated carbocycles. The number of carbonyl (C=O) groups excluding carboxylic acids is 1. The van der Waals surface area contributed by atoms with Crippen molar-refractivity contribution in [3.8, 4) is 11.5 Å². The van der Waals surface area contributed by atoms with Gasteiger partial charge in [-0.15, -0.1) is 0 Å². The molecule has 3 rings (SSSR count). The first-order valence-electron chi connectivity index (χ1n) is 7.49. The maximum atomic E-state index is 12.3. The Hall–Kier alpha value is -2.69. The van der Waals surface area contributed by atoms with Gasteiger partial charge in [-0.3, -0.25) is 0 Å². The third kappa shape index (κ3) is 2.59. The molecule has 0 bridgehead atoms. The van der Waals surface area contributed by atoms with Crippen LogP contribution in [0.3, 0.4) is 0 Å². The predicted molar refractivity (Wildman–Crippen MR) is 87.1 cm³/mol. The largest absolute Gasteiger partial charge is 0.493 e. The first kappa shape index (κ1) is 15.2. The first-order chi connectivity index (χ1) is 11.2. The number of para-hydroxylation sites is 1. The Bertz CT molecular complexity index is 742. The summed E-state index contributed by atoms with van der Waals surface area (Å²) in [6.45, 7) is 2.09. The van der Waals surface area contributed by atoms with E-state index in [1.54, 1.807) is 6.07 Å². The second-order valence-electron chi connectivity index (χ2n) is 5.21. The lowest BCUT2D eigenvalue weighted by atomic mass is 10.1. The summed E-state index contributed by atoms with van der Waals surface area (Å²) in [6.07, 6.45) is 0.354. The van der Waals surface area contributed by atoms with Crippen molar-refractivity contribution in [2.75, 3.05) is 19.5 Å². The Kier molecular flexibility index (Phi) is 4.10. The van der Waals surface area contributed by atoms with Gasteiger partial charge in [-0.25, -0.2) is 4.79 Å². The zero-order chi connectivity index (χ0) is 16.4. The number of benzene rings is 2. The molecule has 0 amide bonds. The molecule has 5 nitrogen and oxygen atoms in total. The highest BCUT2D eigenvalue weighted by molar-refractivity contribution is 5.98. The van der Waals surface area contributed by atoms with E-state index in [1.807, 2.05) is 24.3 Å². The van der Waals surface area contributed by atoms with Crippen LogP contribution in [0.4, 0.5) is 5.69 Å². The molecular weight excluding hydrogens is 294 g/mol. The predicted octanol–water partition coefficient (Wildman–Crippen LogP) is 3.55. The molecule has 1 atom stereocenters. The van der Waals surface area contributed by atoms with Gasteiger partial charge >= 0.3 is 5.97 Å². The van der Waals surface area contributed by atoms with Crippen molar-refractivity contribution < 1.29 is 19.0 Å². The van der Waals surface area contributed by atoms with Gasteiger partial charge in [-0.2, -0.15) is 0 Å². The van der Waals surface area contributed by atoms with Gasteiger partial charge in [0.25, 0.3) is 0 Å². The topological polar surface area (TPSA) is 56.8 Å². The van der Waals surface area contributed by atoms with Gasteiger partial charge in [0.1, 0.15) is 5.56 Å². The fraction of sp³-hybridized carbons (Fsp3) is 0.278. The average molecular weight is 313 g/mol. The van der Waals surface area contributed by atoms with E-state index in [0.29, 0.717) is 17.1 Å². The smallest absolute Gasteiger partial charge is 0.344 e. The van der Waals surface area contributed by atoms with Gasteiger partial charge in [-0.05, 0) is 30.2 Å². The van der Waals surface area contributed by atoms with Crippen LogP contribution in [0.1, 0.15) is 34.6 Å². The van der Waals surface area contributed by atoms with E-state index >= 15 is 0 Å². The zero-order valence-corrected chi connectivity index (χ0v) is 13.4. The number of rotatable bonds is 5. The van der Waals surface area contributed by atoms with Crippen molar-refractivity contribution in [3.05, 3.63) is 53.1 Å². The van der Waals surface area contributed by atoms with Crippen LogP contribution in [0.15, 0.2) is 36.4 Å². The van der Waals surface area contributed by atoms with E-state index in [2.05, 4.69) is 18.3 Å². The lowest BCUT2D eigenvalue weighted by molar-refractivity contribution is 0.0435. The summed E-state index contributed by atoms with van der Waals surface area (Å²) in [5.41, 5.74) is 3.28. The third-order valence-corrected chi connectivity index (χ3v) is 3.97. The molecule has 0 unspecified atom stereocenters. The monoisotopic (exact) mass is 313 g/mol. The van der Waals surface area contributed by atoms with Crippen LogP contribution in [-0.2, 0) is 11.2 Å². The van der Waals surface area contributed by atoms with Gasteiger partial charge in [0.2, 0.25) is 6.23 Å². The lowest BCUT2D eigenvalue weighted by Crippen LogP contribution is -2.11. The molecule has 2 aromatic carbocycles. The fourth-order valence-electron chi connectivity index (χ4n) is 2.82. The Morgan fingerprint density at radius 3 is 2.61 bits per heavy atom. The van der Waals surface area contributed by atoms with E-state index in [0.717, 1.165) is 23.2 Å². The van der Waals surface area contributed by atoms with Gasteiger partial charge in [0, 0.05) is 11.3 Å². The van der Waals surface area contributed by atoms with Gasteiger partial charge in [-0.1, -0.05) is 25.1 Å². The van der Waals surface area contributed by atoms with Crippen molar-refractivity contribution in [1.29, 1.82) is 0 Å². The molecule has 1 aliphatic heterocycles. The number of fused-ring (bicyclic) bond motifs is 1.